The number of primary amides is 1. The van der Waals surface area contributed by atoms with Crippen molar-refractivity contribution >= 4 is 29.3 Å². The predicted molar refractivity (Wildman–Crippen MR) is 140 cm³/mol. The van der Waals surface area contributed by atoms with Crippen LogP contribution in [0, 0.1) is 12.3 Å². The number of aromatic nitrogens is 4. The van der Waals surface area contributed by atoms with Gasteiger partial charge in [0.05, 0.1) is 33.6 Å². The minimum Gasteiger partial charge on any atom is -0.365 e. The summed E-state index contributed by atoms with van der Waals surface area (Å²) in [5, 5.41) is 7.92. The lowest BCUT2D eigenvalue weighted by Gasteiger charge is -2.35. The number of rotatable bonds is 6. The second-order valence-electron chi connectivity index (χ2n) is 10.2. The number of aryl methyl sites for hydroxylation is 2. The number of carbonyl (C=O) groups excluding carboxylic acids is 1. The van der Waals surface area contributed by atoms with Crippen LogP contribution >= 0.6 is 11.8 Å². The van der Waals surface area contributed by atoms with Gasteiger partial charge in [-0.15, -0.1) is 0 Å². The van der Waals surface area contributed by atoms with Gasteiger partial charge in [-0.25, -0.2) is 9.97 Å². The minimum absolute atomic E-state index is 0.00752. The number of amides is 1. The van der Waals surface area contributed by atoms with E-state index in [2.05, 4.69) is 66.2 Å². The van der Waals surface area contributed by atoms with Gasteiger partial charge in [-0.1, -0.05) is 44.7 Å². The fourth-order valence-corrected chi connectivity index (χ4v) is 5.84. The van der Waals surface area contributed by atoms with Gasteiger partial charge in [0.1, 0.15) is 0 Å². The first kappa shape index (κ1) is 23.4. The Balaban J connectivity index is 1.35. The third-order valence-electron chi connectivity index (χ3n) is 6.43. The highest BCUT2D eigenvalue weighted by molar-refractivity contribution is 8.04. The van der Waals surface area contributed by atoms with Gasteiger partial charge < -0.3 is 16.0 Å². The van der Waals surface area contributed by atoms with Gasteiger partial charge in [-0.3, -0.25) is 9.48 Å². The summed E-state index contributed by atoms with van der Waals surface area (Å²) < 4.78 is 2.04. The summed E-state index contributed by atoms with van der Waals surface area (Å²) in [4.78, 5) is 23.8. The molecule has 0 fully saturated rings. The van der Waals surface area contributed by atoms with Gasteiger partial charge >= 0.3 is 0 Å². The number of fused-ring (bicyclic) bond motifs is 1. The Morgan fingerprint density at radius 1 is 1.29 bits per heavy atom. The van der Waals surface area contributed by atoms with E-state index in [1.807, 2.05) is 23.1 Å². The fourth-order valence-electron chi connectivity index (χ4n) is 4.66. The Hall–Kier alpha value is -3.33. The molecule has 0 saturated carbocycles. The maximum atomic E-state index is 11.8. The van der Waals surface area contributed by atoms with E-state index in [1.165, 1.54) is 16.8 Å². The standard InChI is InChI=1S/C26H31N7OS/c1-16-12-17(7-8-18(16)14-32-15-22(23(27)34)35-24(32)26(2,3)4)19-9-10-28-25(30-19)31-20-13-29-33-11-5-6-21(20)33/h7-10,12-13,15,24H,5-6,11,14H2,1-4H3,(H2,27,34)(H,28,30,31). The molecule has 1 amide bonds. The first-order valence-corrected chi connectivity index (χ1v) is 12.8. The normalized spacial score (nSPS) is 17.4. The molecule has 0 saturated heterocycles. The average Bonchev–Trinajstić information content (AvgIpc) is 3.52. The zero-order chi connectivity index (χ0) is 24.7. The summed E-state index contributed by atoms with van der Waals surface area (Å²) in [6.45, 7) is 10.3. The number of carbonyl (C=O) groups is 1. The minimum atomic E-state index is -0.368. The number of hydrogen-bond donors (Lipinski definition) is 2. The second-order valence-corrected chi connectivity index (χ2v) is 11.4. The second kappa shape index (κ2) is 9.03. The van der Waals surface area contributed by atoms with Crippen molar-refractivity contribution in [2.45, 2.75) is 59.0 Å². The number of benzene rings is 1. The largest absolute Gasteiger partial charge is 0.365 e. The molecular formula is C26H31N7OS. The SMILES string of the molecule is Cc1cc(-c2ccnc(Nc3cnn4c3CCC4)n2)ccc1CN1C=C(C(N)=O)SC1C(C)(C)C. The van der Waals surface area contributed by atoms with E-state index in [4.69, 9.17) is 10.7 Å². The van der Waals surface area contributed by atoms with Crippen molar-refractivity contribution < 1.29 is 4.79 Å². The van der Waals surface area contributed by atoms with Crippen LogP contribution in [0.15, 0.2) is 47.8 Å². The topological polar surface area (TPSA) is 102 Å². The molecular weight excluding hydrogens is 458 g/mol. The van der Waals surface area contributed by atoms with Crippen LogP contribution in [0.2, 0.25) is 0 Å². The molecule has 2 aliphatic heterocycles. The van der Waals surface area contributed by atoms with E-state index < -0.39 is 0 Å². The van der Waals surface area contributed by atoms with Crippen molar-refractivity contribution in [1.82, 2.24) is 24.6 Å². The molecule has 5 rings (SSSR count). The Kier molecular flexibility index (Phi) is 6.04. The van der Waals surface area contributed by atoms with Crippen LogP contribution in [-0.4, -0.2) is 35.9 Å². The van der Waals surface area contributed by atoms with Gasteiger partial charge in [-0.05, 0) is 48.4 Å². The highest BCUT2D eigenvalue weighted by Crippen LogP contribution is 2.43. The molecule has 3 N–H and O–H groups in total. The molecule has 35 heavy (non-hydrogen) atoms. The number of thioether (sulfide) groups is 1. The molecule has 4 heterocycles. The van der Waals surface area contributed by atoms with Crippen molar-refractivity contribution in [3.8, 4) is 11.3 Å². The van der Waals surface area contributed by atoms with Crippen LogP contribution in [0.5, 0.6) is 0 Å². The summed E-state index contributed by atoms with van der Waals surface area (Å²) in [5.41, 5.74) is 12.0. The molecule has 0 bridgehead atoms. The smallest absolute Gasteiger partial charge is 0.256 e. The summed E-state index contributed by atoms with van der Waals surface area (Å²) in [6.07, 6.45) is 7.68. The van der Waals surface area contributed by atoms with Gasteiger partial charge in [0.2, 0.25) is 5.95 Å². The molecule has 1 aromatic carbocycles. The zero-order valence-corrected chi connectivity index (χ0v) is 21.4. The number of hydrogen-bond acceptors (Lipinski definition) is 7. The van der Waals surface area contributed by atoms with Gasteiger partial charge in [-0.2, -0.15) is 5.10 Å². The highest BCUT2D eigenvalue weighted by atomic mass is 32.2. The molecule has 182 valence electrons. The quantitative estimate of drug-likeness (QED) is 0.522. The van der Waals surface area contributed by atoms with E-state index in [0.29, 0.717) is 17.4 Å². The zero-order valence-electron chi connectivity index (χ0n) is 20.6. The van der Waals surface area contributed by atoms with Crippen molar-refractivity contribution in [2.75, 3.05) is 5.32 Å². The molecule has 2 aromatic heterocycles. The van der Waals surface area contributed by atoms with Crippen LogP contribution in [0.3, 0.4) is 0 Å². The summed E-state index contributed by atoms with van der Waals surface area (Å²) in [6, 6.07) is 8.33. The third-order valence-corrected chi connectivity index (χ3v) is 8.19. The Labute approximate surface area is 210 Å². The van der Waals surface area contributed by atoms with Gasteiger partial charge in [0.15, 0.2) is 0 Å². The lowest BCUT2D eigenvalue weighted by atomic mass is 9.95. The van der Waals surface area contributed by atoms with E-state index in [9.17, 15) is 4.79 Å². The van der Waals surface area contributed by atoms with Gasteiger partial charge in [0.25, 0.3) is 5.91 Å². The van der Waals surface area contributed by atoms with Crippen LogP contribution in [0.1, 0.15) is 44.0 Å². The lowest BCUT2D eigenvalue weighted by molar-refractivity contribution is -0.113. The molecule has 2 aliphatic rings. The van der Waals surface area contributed by atoms with Crippen molar-refractivity contribution in [2.24, 2.45) is 11.1 Å². The maximum absolute atomic E-state index is 11.8. The van der Waals surface area contributed by atoms with Crippen molar-refractivity contribution in [3.63, 3.8) is 0 Å². The first-order valence-electron chi connectivity index (χ1n) is 11.9. The van der Waals surface area contributed by atoms with E-state index in [0.717, 1.165) is 36.3 Å². The molecule has 1 unspecified atom stereocenters. The monoisotopic (exact) mass is 489 g/mol. The van der Waals surface area contributed by atoms with E-state index in [1.54, 1.807) is 18.0 Å². The Bertz CT molecular complexity index is 1310. The van der Waals surface area contributed by atoms with Crippen LogP contribution < -0.4 is 11.1 Å². The number of anilines is 2. The molecule has 8 nitrogen and oxygen atoms in total. The number of nitrogens with one attached hydrogen (secondary N) is 1. The molecule has 9 heteroatoms. The molecule has 0 radical (unpaired) electrons. The molecule has 1 atom stereocenters. The third kappa shape index (κ3) is 4.77. The number of nitrogens with zero attached hydrogens (tertiary/aromatic N) is 5. The Morgan fingerprint density at radius 3 is 2.86 bits per heavy atom. The lowest BCUT2D eigenvalue weighted by Crippen LogP contribution is -2.35. The van der Waals surface area contributed by atoms with Crippen LogP contribution in [0.25, 0.3) is 11.3 Å². The number of nitrogens with two attached hydrogens (primary N) is 1. The van der Waals surface area contributed by atoms with Crippen molar-refractivity contribution in [3.05, 3.63) is 64.6 Å². The first-order chi connectivity index (χ1) is 16.7. The molecule has 0 aliphatic carbocycles. The summed E-state index contributed by atoms with van der Waals surface area (Å²) >= 11 is 1.55. The average molecular weight is 490 g/mol. The predicted octanol–water partition coefficient (Wildman–Crippen LogP) is 4.59. The molecule has 0 spiro atoms. The maximum Gasteiger partial charge on any atom is 0.256 e. The fraction of sp³-hybridized carbons (Fsp3) is 0.385. The van der Waals surface area contributed by atoms with E-state index >= 15 is 0 Å². The van der Waals surface area contributed by atoms with Gasteiger partial charge in [0, 0.05) is 31.0 Å². The summed E-state index contributed by atoms with van der Waals surface area (Å²) in [5.74, 6) is 0.200. The highest BCUT2D eigenvalue weighted by Gasteiger charge is 2.36. The van der Waals surface area contributed by atoms with Crippen LogP contribution in [-0.2, 0) is 24.3 Å². The van der Waals surface area contributed by atoms with Crippen LogP contribution in [0.4, 0.5) is 11.6 Å². The Morgan fingerprint density at radius 2 is 2.11 bits per heavy atom. The van der Waals surface area contributed by atoms with Crippen molar-refractivity contribution in [1.29, 1.82) is 0 Å². The summed E-state index contributed by atoms with van der Waals surface area (Å²) in [7, 11) is 0. The van der Waals surface area contributed by atoms with E-state index in [-0.39, 0.29) is 16.7 Å². The molecule has 3 aromatic rings.